The Morgan fingerprint density at radius 2 is 1.65 bits per heavy atom. The molecule has 2 heterocycles. The van der Waals surface area contributed by atoms with Crippen LogP contribution in [0.25, 0.3) is 21.8 Å². The van der Waals surface area contributed by atoms with Crippen molar-refractivity contribution < 1.29 is 19.3 Å². The van der Waals surface area contributed by atoms with Crippen LogP contribution < -0.4 is 10.2 Å². The zero-order chi connectivity index (χ0) is 24.0. The minimum atomic E-state index is -0.318. The van der Waals surface area contributed by atoms with Gasteiger partial charge in [-0.1, -0.05) is 48.5 Å². The third-order valence-electron chi connectivity index (χ3n) is 6.39. The number of aromatic amines is 1. The zero-order valence-corrected chi connectivity index (χ0v) is 19.5. The van der Waals surface area contributed by atoms with Gasteiger partial charge in [0, 0.05) is 22.8 Å². The second-order valence-corrected chi connectivity index (χ2v) is 9.12. The monoisotopic (exact) mass is 455 g/mol. The minimum Gasteiger partial charge on any atom is -0.354 e. The molecule has 0 aliphatic carbocycles. The van der Waals surface area contributed by atoms with Gasteiger partial charge >= 0.3 is 0 Å². The highest BCUT2D eigenvalue weighted by Gasteiger charge is 2.40. The lowest BCUT2D eigenvalue weighted by Gasteiger charge is -2.14. The average Bonchev–Trinajstić information content (AvgIpc) is 3.31. The number of likely N-dealkylation sites (N-methyl/N-ethyl adjacent to an activating group) is 1. The molecule has 0 fully saturated rings. The predicted molar refractivity (Wildman–Crippen MR) is 131 cm³/mol. The van der Waals surface area contributed by atoms with Crippen molar-refractivity contribution in [3.63, 3.8) is 0 Å². The van der Waals surface area contributed by atoms with E-state index in [-0.39, 0.29) is 30.8 Å². The Kier molecular flexibility index (Phi) is 5.42. The molecular weight excluding hydrogens is 428 g/mol. The number of hydrogen-bond acceptors (Lipinski definition) is 3. The molecule has 0 atom stereocenters. The largest absolute Gasteiger partial charge is 0.354 e. The van der Waals surface area contributed by atoms with Gasteiger partial charge < -0.3 is 15.2 Å². The molecule has 0 saturated carbocycles. The van der Waals surface area contributed by atoms with Crippen LogP contribution in [0.15, 0.2) is 54.6 Å². The van der Waals surface area contributed by atoms with Gasteiger partial charge in [0.1, 0.15) is 0 Å². The van der Waals surface area contributed by atoms with Crippen molar-refractivity contribution >= 4 is 39.5 Å². The molecule has 1 aliphatic rings. The number of para-hydroxylation sites is 1. The van der Waals surface area contributed by atoms with Crippen molar-refractivity contribution in [3.05, 3.63) is 82.4 Å². The van der Waals surface area contributed by atoms with Crippen LogP contribution >= 0.6 is 0 Å². The molecule has 5 rings (SSSR count). The number of nitrogens with zero attached hydrogens (tertiary/aromatic N) is 1. The molecule has 4 aromatic rings. The lowest BCUT2D eigenvalue weighted by Crippen LogP contribution is -3.07. The first-order valence-corrected chi connectivity index (χ1v) is 11.4. The first-order chi connectivity index (χ1) is 16.4. The van der Waals surface area contributed by atoms with E-state index in [1.165, 1.54) is 4.90 Å². The number of hydrogen-bond donors (Lipinski definition) is 3. The smallest absolute Gasteiger partial charge is 0.275 e. The summed E-state index contributed by atoms with van der Waals surface area (Å²) in [5, 5.41) is 4.82. The number of benzene rings is 3. The summed E-state index contributed by atoms with van der Waals surface area (Å²) in [6.07, 6.45) is 0. The van der Waals surface area contributed by atoms with Crippen LogP contribution in [-0.4, -0.2) is 48.2 Å². The lowest BCUT2D eigenvalue weighted by molar-refractivity contribution is -0.849. The second-order valence-electron chi connectivity index (χ2n) is 9.12. The number of aromatic nitrogens is 1. The van der Waals surface area contributed by atoms with Crippen LogP contribution in [0.2, 0.25) is 0 Å². The molecule has 0 unspecified atom stereocenters. The van der Waals surface area contributed by atoms with E-state index < -0.39 is 0 Å². The summed E-state index contributed by atoms with van der Waals surface area (Å²) in [6, 6.07) is 17.4. The maximum atomic E-state index is 13.7. The predicted octanol–water partition coefficient (Wildman–Crippen LogP) is 2.19. The van der Waals surface area contributed by atoms with Crippen LogP contribution in [0.3, 0.4) is 0 Å². The van der Waals surface area contributed by atoms with Gasteiger partial charge in [0.05, 0.1) is 37.3 Å². The van der Waals surface area contributed by atoms with E-state index in [0.29, 0.717) is 23.2 Å². The number of aryl methyl sites for hydroxylation is 1. The van der Waals surface area contributed by atoms with Gasteiger partial charge in [-0.05, 0) is 29.7 Å². The molecule has 0 radical (unpaired) electrons. The summed E-state index contributed by atoms with van der Waals surface area (Å²) >= 11 is 0. The van der Waals surface area contributed by atoms with Gasteiger partial charge in [-0.25, -0.2) is 0 Å². The average molecular weight is 456 g/mol. The maximum Gasteiger partial charge on any atom is 0.275 e. The Morgan fingerprint density at radius 1 is 0.971 bits per heavy atom. The maximum absolute atomic E-state index is 13.7. The van der Waals surface area contributed by atoms with Gasteiger partial charge in [0.15, 0.2) is 6.54 Å². The Morgan fingerprint density at radius 3 is 2.38 bits per heavy atom. The Balaban J connectivity index is 1.67. The molecule has 1 aliphatic heterocycles. The number of carbonyl (C=O) groups is 3. The molecule has 34 heavy (non-hydrogen) atoms. The molecule has 172 valence electrons. The van der Waals surface area contributed by atoms with Gasteiger partial charge in [-0.15, -0.1) is 0 Å². The highest BCUT2D eigenvalue weighted by Crippen LogP contribution is 2.39. The van der Waals surface area contributed by atoms with Crippen LogP contribution in [0.1, 0.15) is 37.4 Å². The standard InChI is InChI=1S/C27H26N4O3/c1-16-22-24(27(34)31(26(22)33)14-17-9-5-4-6-10-17)19(13-28-21(32)15-30(2)3)23-18-11-7-8-12-20(18)29-25(16)23/h4-12,29H,13-15H2,1-3H3,(H,28,32)/p+1. The molecule has 0 saturated heterocycles. The second kappa shape index (κ2) is 8.43. The summed E-state index contributed by atoms with van der Waals surface area (Å²) in [7, 11) is 3.81. The van der Waals surface area contributed by atoms with Crippen molar-refractivity contribution in [3.8, 4) is 0 Å². The van der Waals surface area contributed by atoms with Crippen molar-refractivity contribution in [2.75, 3.05) is 20.6 Å². The van der Waals surface area contributed by atoms with Gasteiger partial charge in [0.25, 0.3) is 17.7 Å². The normalized spacial score (nSPS) is 13.4. The molecule has 7 nitrogen and oxygen atoms in total. The van der Waals surface area contributed by atoms with Crippen LogP contribution in [0, 0.1) is 6.92 Å². The molecule has 3 amide bonds. The third-order valence-corrected chi connectivity index (χ3v) is 6.39. The number of quaternary nitrogens is 1. The molecule has 1 aromatic heterocycles. The quantitative estimate of drug-likeness (QED) is 0.390. The van der Waals surface area contributed by atoms with E-state index in [2.05, 4.69) is 10.3 Å². The molecule has 3 N–H and O–H groups in total. The van der Waals surface area contributed by atoms with Crippen molar-refractivity contribution in [2.45, 2.75) is 20.0 Å². The summed E-state index contributed by atoms with van der Waals surface area (Å²) in [6.45, 7) is 2.58. The molecular formula is C27H27N4O3+. The highest BCUT2D eigenvalue weighted by molar-refractivity contribution is 6.27. The van der Waals surface area contributed by atoms with E-state index in [0.717, 1.165) is 37.8 Å². The van der Waals surface area contributed by atoms with Gasteiger partial charge in [-0.3, -0.25) is 19.3 Å². The van der Waals surface area contributed by atoms with Crippen LogP contribution in [0.4, 0.5) is 0 Å². The number of carbonyl (C=O) groups excluding carboxylic acids is 3. The first-order valence-electron chi connectivity index (χ1n) is 11.4. The SMILES string of the molecule is Cc1c2c(c(CNC(=O)C[NH+](C)C)c3c1[nH]c1ccccc13)C(=O)N(Cc1ccccc1)C2=O. The van der Waals surface area contributed by atoms with Crippen molar-refractivity contribution in [2.24, 2.45) is 0 Å². The fourth-order valence-electron chi connectivity index (χ4n) is 4.85. The van der Waals surface area contributed by atoms with Crippen LogP contribution in [0.5, 0.6) is 0 Å². The number of fused-ring (bicyclic) bond motifs is 4. The minimum absolute atomic E-state index is 0.111. The number of nitrogens with one attached hydrogen (secondary N) is 3. The summed E-state index contributed by atoms with van der Waals surface area (Å²) in [4.78, 5) is 45.4. The number of imide groups is 1. The van der Waals surface area contributed by atoms with Crippen molar-refractivity contribution in [1.82, 2.24) is 15.2 Å². The molecule has 0 bridgehead atoms. The summed E-state index contributed by atoms with van der Waals surface area (Å²) in [5.41, 5.74) is 4.89. The topological polar surface area (TPSA) is 86.7 Å². The molecule has 0 spiro atoms. The number of amides is 3. The number of H-pyrrole nitrogens is 1. The summed E-state index contributed by atoms with van der Waals surface area (Å²) in [5.74, 6) is -0.728. The zero-order valence-electron chi connectivity index (χ0n) is 19.5. The fourth-order valence-corrected chi connectivity index (χ4v) is 4.85. The van der Waals surface area contributed by atoms with E-state index in [4.69, 9.17) is 0 Å². The van der Waals surface area contributed by atoms with Crippen LogP contribution in [-0.2, 0) is 17.9 Å². The van der Waals surface area contributed by atoms with E-state index in [1.54, 1.807) is 0 Å². The first kappa shape index (κ1) is 21.9. The number of rotatable bonds is 6. The lowest BCUT2D eigenvalue weighted by atomic mass is 9.92. The van der Waals surface area contributed by atoms with E-state index in [1.807, 2.05) is 75.6 Å². The van der Waals surface area contributed by atoms with Gasteiger partial charge in [-0.2, -0.15) is 0 Å². The van der Waals surface area contributed by atoms with Crippen molar-refractivity contribution in [1.29, 1.82) is 0 Å². The Labute approximate surface area is 197 Å². The van der Waals surface area contributed by atoms with E-state index >= 15 is 0 Å². The Bertz CT molecular complexity index is 1450. The Hall–Kier alpha value is -3.97. The fraction of sp³-hybridized carbons (Fsp3) is 0.222. The van der Waals surface area contributed by atoms with E-state index in [9.17, 15) is 14.4 Å². The third kappa shape index (κ3) is 3.54. The summed E-state index contributed by atoms with van der Waals surface area (Å²) < 4.78 is 0. The molecule has 7 heteroatoms. The highest BCUT2D eigenvalue weighted by atomic mass is 16.2. The molecule has 3 aromatic carbocycles. The van der Waals surface area contributed by atoms with Gasteiger partial charge in [0.2, 0.25) is 0 Å².